The van der Waals surface area contributed by atoms with Gasteiger partial charge in [-0.1, -0.05) is 18.2 Å². The molecular weight excluding hydrogens is 395 g/mol. The van der Waals surface area contributed by atoms with Gasteiger partial charge in [-0.05, 0) is 55.2 Å². The van der Waals surface area contributed by atoms with Crippen LogP contribution in [0.25, 0.3) is 11.3 Å². The Morgan fingerprint density at radius 3 is 2.77 bits per heavy atom. The van der Waals surface area contributed by atoms with Crippen LogP contribution in [-0.2, 0) is 0 Å². The van der Waals surface area contributed by atoms with Crippen LogP contribution in [0.1, 0.15) is 23.3 Å². The third-order valence-corrected chi connectivity index (χ3v) is 6.16. The van der Waals surface area contributed by atoms with Crippen LogP contribution >= 0.6 is 0 Å². The number of likely N-dealkylation sites (tertiary alicyclic amines) is 1. The summed E-state index contributed by atoms with van der Waals surface area (Å²) in [7, 11) is 0. The van der Waals surface area contributed by atoms with Crippen LogP contribution in [0.3, 0.4) is 0 Å². The van der Waals surface area contributed by atoms with Crippen molar-refractivity contribution >= 4 is 17.3 Å². The average Bonchev–Trinajstić information content (AvgIpc) is 3.51. The second-order valence-corrected chi connectivity index (χ2v) is 8.00. The SMILES string of the molecule is N#CN1CC2CCC1[C@@H]2NC(=O)c1cc(-c2ccccc2Nc2ccc(F)cc2)[nH]n1. The van der Waals surface area contributed by atoms with Gasteiger partial charge in [-0.3, -0.25) is 9.89 Å². The van der Waals surface area contributed by atoms with E-state index in [1.165, 1.54) is 12.1 Å². The Kier molecular flexibility index (Phi) is 4.79. The van der Waals surface area contributed by atoms with Gasteiger partial charge in [0.2, 0.25) is 0 Å². The minimum atomic E-state index is -0.295. The highest BCUT2D eigenvalue weighted by molar-refractivity contribution is 5.94. The number of rotatable bonds is 5. The van der Waals surface area contributed by atoms with E-state index >= 15 is 0 Å². The minimum absolute atomic E-state index is 0.0141. The first kappa shape index (κ1) is 19.1. The number of piperidine rings is 1. The molecule has 0 radical (unpaired) electrons. The number of fused-ring (bicyclic) bond motifs is 2. The third kappa shape index (κ3) is 3.59. The Balaban J connectivity index is 1.34. The molecule has 1 saturated carbocycles. The van der Waals surface area contributed by atoms with Crippen LogP contribution in [0, 0.1) is 23.2 Å². The summed E-state index contributed by atoms with van der Waals surface area (Å²) in [6.45, 7) is 0.709. The molecule has 3 N–H and O–H groups in total. The lowest BCUT2D eigenvalue weighted by Crippen LogP contribution is -2.42. The number of nitrogens with zero attached hydrogens (tertiary/aromatic N) is 3. The fraction of sp³-hybridized carbons (Fsp3) is 0.261. The zero-order valence-electron chi connectivity index (χ0n) is 16.7. The lowest BCUT2D eigenvalue weighted by atomic mass is 10.1. The van der Waals surface area contributed by atoms with Crippen molar-refractivity contribution in [1.29, 1.82) is 5.26 Å². The average molecular weight is 416 g/mol. The Morgan fingerprint density at radius 1 is 1.19 bits per heavy atom. The van der Waals surface area contributed by atoms with Gasteiger partial charge in [0.1, 0.15) is 5.82 Å². The van der Waals surface area contributed by atoms with E-state index < -0.39 is 0 Å². The van der Waals surface area contributed by atoms with E-state index in [9.17, 15) is 14.4 Å². The highest BCUT2D eigenvalue weighted by Crippen LogP contribution is 2.37. The number of halogens is 1. The molecule has 0 spiro atoms. The monoisotopic (exact) mass is 416 g/mol. The van der Waals surface area contributed by atoms with E-state index in [1.807, 2.05) is 24.3 Å². The molecule has 1 aliphatic carbocycles. The van der Waals surface area contributed by atoms with E-state index in [-0.39, 0.29) is 23.8 Å². The summed E-state index contributed by atoms with van der Waals surface area (Å²) in [5.41, 5.74) is 3.41. The molecule has 5 rings (SSSR count). The normalized spacial score (nSPS) is 21.7. The van der Waals surface area contributed by atoms with Crippen LogP contribution < -0.4 is 10.6 Å². The van der Waals surface area contributed by atoms with E-state index in [2.05, 4.69) is 27.0 Å². The fourth-order valence-corrected chi connectivity index (χ4v) is 4.65. The summed E-state index contributed by atoms with van der Waals surface area (Å²) in [6.07, 6.45) is 4.18. The lowest BCUT2D eigenvalue weighted by molar-refractivity contribution is 0.0924. The molecule has 1 saturated heterocycles. The van der Waals surface area contributed by atoms with Gasteiger partial charge in [-0.15, -0.1) is 0 Å². The summed E-state index contributed by atoms with van der Waals surface area (Å²) in [4.78, 5) is 14.6. The Morgan fingerprint density at radius 2 is 2.00 bits per heavy atom. The molecule has 2 bridgehead atoms. The van der Waals surface area contributed by atoms with E-state index in [0.717, 1.165) is 29.8 Å². The third-order valence-electron chi connectivity index (χ3n) is 6.16. The molecule has 1 aliphatic heterocycles. The molecule has 8 heteroatoms. The largest absolute Gasteiger partial charge is 0.355 e. The highest BCUT2D eigenvalue weighted by atomic mass is 19.1. The first-order valence-corrected chi connectivity index (χ1v) is 10.3. The van der Waals surface area contributed by atoms with Gasteiger partial charge in [0.25, 0.3) is 5.91 Å². The summed E-state index contributed by atoms with van der Waals surface area (Å²) in [6, 6.07) is 15.5. The second-order valence-electron chi connectivity index (χ2n) is 8.00. The van der Waals surface area contributed by atoms with Crippen LogP contribution in [0.5, 0.6) is 0 Å². The molecule has 2 aliphatic rings. The van der Waals surface area contributed by atoms with Gasteiger partial charge >= 0.3 is 0 Å². The van der Waals surface area contributed by atoms with Gasteiger partial charge in [0.15, 0.2) is 11.9 Å². The first-order valence-electron chi connectivity index (χ1n) is 10.3. The number of nitrogens with one attached hydrogen (secondary N) is 3. The summed E-state index contributed by atoms with van der Waals surface area (Å²) in [5, 5.41) is 22.8. The van der Waals surface area contributed by atoms with Crippen molar-refractivity contribution in [1.82, 2.24) is 20.4 Å². The molecule has 1 amide bonds. The molecule has 2 aromatic carbocycles. The summed E-state index contributed by atoms with van der Waals surface area (Å²) in [5.74, 6) is -0.225. The number of aromatic amines is 1. The van der Waals surface area contributed by atoms with Crippen LogP contribution in [-0.4, -0.2) is 39.6 Å². The molecular formula is C23H21FN6O. The minimum Gasteiger partial charge on any atom is -0.355 e. The summed E-state index contributed by atoms with van der Waals surface area (Å²) < 4.78 is 13.2. The number of H-pyrrole nitrogens is 1. The standard InChI is InChI=1S/C23H21FN6O/c24-15-6-8-16(9-7-15)26-18-4-2-1-3-17(18)19-11-20(29-28-19)23(31)27-22-14-5-10-21(22)30(12-14)13-25/h1-4,6-9,11,14,21-22,26H,5,10,12H2,(H,27,31)(H,28,29)/t14?,21?,22-/m1/s1. The van der Waals surface area contributed by atoms with Crippen LogP contribution in [0.4, 0.5) is 15.8 Å². The zero-order valence-corrected chi connectivity index (χ0v) is 16.7. The number of carbonyl (C=O) groups is 1. The van der Waals surface area contributed by atoms with Crippen molar-refractivity contribution in [2.24, 2.45) is 5.92 Å². The van der Waals surface area contributed by atoms with Gasteiger partial charge in [-0.25, -0.2) is 4.39 Å². The lowest BCUT2D eigenvalue weighted by Gasteiger charge is -2.21. The van der Waals surface area contributed by atoms with E-state index in [1.54, 1.807) is 23.1 Å². The van der Waals surface area contributed by atoms with Crippen molar-refractivity contribution in [3.05, 3.63) is 66.1 Å². The Hall–Kier alpha value is -3.86. The number of hydrogen-bond donors (Lipinski definition) is 3. The van der Waals surface area contributed by atoms with Crippen molar-refractivity contribution in [3.8, 4) is 17.5 Å². The van der Waals surface area contributed by atoms with Gasteiger partial charge < -0.3 is 15.5 Å². The molecule has 3 atom stereocenters. The molecule has 2 unspecified atom stereocenters. The summed E-state index contributed by atoms with van der Waals surface area (Å²) >= 11 is 0. The maximum atomic E-state index is 13.2. The van der Waals surface area contributed by atoms with E-state index in [4.69, 9.17) is 0 Å². The number of amides is 1. The quantitative estimate of drug-likeness (QED) is 0.552. The number of benzene rings is 2. The molecule has 2 fully saturated rings. The number of carbonyl (C=O) groups excluding carboxylic acids is 1. The van der Waals surface area contributed by atoms with Crippen LogP contribution in [0.15, 0.2) is 54.6 Å². The maximum Gasteiger partial charge on any atom is 0.272 e. The number of para-hydroxylation sites is 1. The second kappa shape index (κ2) is 7.76. The first-order chi connectivity index (χ1) is 15.1. The van der Waals surface area contributed by atoms with Crippen molar-refractivity contribution in [2.45, 2.75) is 24.9 Å². The number of nitriles is 1. The van der Waals surface area contributed by atoms with Crippen molar-refractivity contribution in [2.75, 3.05) is 11.9 Å². The predicted octanol–water partition coefficient (Wildman–Crippen LogP) is 3.63. The molecule has 7 nitrogen and oxygen atoms in total. The smallest absolute Gasteiger partial charge is 0.272 e. The van der Waals surface area contributed by atoms with Gasteiger partial charge in [0.05, 0.1) is 17.8 Å². The van der Waals surface area contributed by atoms with Gasteiger partial charge in [-0.2, -0.15) is 10.4 Å². The highest BCUT2D eigenvalue weighted by Gasteiger charge is 2.47. The molecule has 31 heavy (non-hydrogen) atoms. The topological polar surface area (TPSA) is 96.8 Å². The molecule has 156 valence electrons. The maximum absolute atomic E-state index is 13.2. The van der Waals surface area contributed by atoms with Gasteiger partial charge in [0, 0.05) is 23.5 Å². The predicted molar refractivity (Wildman–Crippen MR) is 114 cm³/mol. The fourth-order valence-electron chi connectivity index (χ4n) is 4.65. The van der Waals surface area contributed by atoms with Crippen molar-refractivity contribution < 1.29 is 9.18 Å². The number of anilines is 2. The van der Waals surface area contributed by atoms with E-state index in [0.29, 0.717) is 23.9 Å². The van der Waals surface area contributed by atoms with Crippen molar-refractivity contribution in [3.63, 3.8) is 0 Å². The number of hydrogen-bond acceptors (Lipinski definition) is 5. The Labute approximate surface area is 178 Å². The molecule has 1 aromatic heterocycles. The van der Waals surface area contributed by atoms with Crippen LogP contribution in [0.2, 0.25) is 0 Å². The Bertz CT molecular complexity index is 1150. The molecule has 2 heterocycles. The number of aromatic nitrogens is 2. The zero-order chi connectivity index (χ0) is 21.4. The molecule has 3 aromatic rings.